The van der Waals surface area contributed by atoms with Gasteiger partial charge in [-0.05, 0) is 58.9 Å². The van der Waals surface area contributed by atoms with Gasteiger partial charge in [0.15, 0.2) is 5.65 Å². The van der Waals surface area contributed by atoms with E-state index in [-0.39, 0.29) is 5.75 Å². The maximum absolute atomic E-state index is 10.3. The molecule has 4 aromatic rings. The van der Waals surface area contributed by atoms with Crippen LogP contribution in [0.1, 0.15) is 18.4 Å². The summed E-state index contributed by atoms with van der Waals surface area (Å²) >= 11 is 3.55. The lowest BCUT2D eigenvalue weighted by Crippen LogP contribution is -2.37. The summed E-state index contributed by atoms with van der Waals surface area (Å²) in [5, 5.41) is 18.4. The average Bonchev–Trinajstić information content (AvgIpc) is 3.19. The average molecular weight is 492 g/mol. The zero-order valence-electron chi connectivity index (χ0n) is 17.8. The van der Waals surface area contributed by atoms with E-state index in [0.29, 0.717) is 17.2 Å². The molecule has 0 saturated carbocycles. The number of likely N-dealkylation sites (tertiary alicyclic amines) is 1. The fraction of sp³-hybridized carbons (Fsp3) is 0.280. The molecule has 5 rings (SSSR count). The van der Waals surface area contributed by atoms with Crippen LogP contribution in [0.5, 0.6) is 5.75 Å². The first-order valence-corrected chi connectivity index (χ1v) is 11.8. The van der Waals surface area contributed by atoms with E-state index in [2.05, 4.69) is 61.6 Å². The number of halogens is 1. The number of benzene rings is 2. The van der Waals surface area contributed by atoms with E-state index < -0.39 is 0 Å². The Morgan fingerprint density at radius 2 is 1.91 bits per heavy atom. The molecule has 0 amide bonds. The number of hydrogen-bond acceptors (Lipinski definition) is 5. The fourth-order valence-electron chi connectivity index (χ4n) is 4.44. The highest BCUT2D eigenvalue weighted by atomic mass is 79.9. The maximum atomic E-state index is 10.3. The third kappa shape index (κ3) is 4.49. The Balaban J connectivity index is 1.34. The van der Waals surface area contributed by atoms with Gasteiger partial charge < -0.3 is 10.4 Å². The van der Waals surface area contributed by atoms with Crippen LogP contribution in [0.4, 0.5) is 5.82 Å². The van der Waals surface area contributed by atoms with Crippen LogP contribution in [-0.4, -0.2) is 44.2 Å². The highest BCUT2D eigenvalue weighted by Crippen LogP contribution is 2.31. The second-order valence-corrected chi connectivity index (χ2v) is 9.24. The van der Waals surface area contributed by atoms with E-state index in [4.69, 9.17) is 4.98 Å². The van der Waals surface area contributed by atoms with E-state index in [9.17, 15) is 5.11 Å². The molecule has 1 unspecified atom stereocenters. The van der Waals surface area contributed by atoms with Crippen LogP contribution in [-0.2, 0) is 6.54 Å². The molecule has 1 saturated heterocycles. The quantitative estimate of drug-likeness (QED) is 0.388. The van der Waals surface area contributed by atoms with Gasteiger partial charge in [0.05, 0.1) is 16.4 Å². The van der Waals surface area contributed by atoms with Crippen molar-refractivity contribution in [2.75, 3.05) is 25.0 Å². The standard InChI is InChI=1S/C25H26BrN5O/c26-21-15-28-31-24(13-22(29-25(21)31)20-10-4-5-11-23(20)32)27-14-19-9-6-12-30(17-19)16-18-7-2-1-3-8-18/h1-5,7-8,10-11,13,15,19,27,32H,6,9,12,14,16-17H2. The van der Waals surface area contributed by atoms with Gasteiger partial charge in [0.25, 0.3) is 0 Å². The molecule has 1 aliphatic rings. The van der Waals surface area contributed by atoms with Gasteiger partial charge in [-0.15, -0.1) is 0 Å². The second kappa shape index (κ2) is 9.30. The van der Waals surface area contributed by atoms with Gasteiger partial charge >= 0.3 is 0 Å². The summed E-state index contributed by atoms with van der Waals surface area (Å²) in [6.45, 7) is 4.09. The van der Waals surface area contributed by atoms with Crippen molar-refractivity contribution in [1.82, 2.24) is 19.5 Å². The van der Waals surface area contributed by atoms with E-state index >= 15 is 0 Å². The molecule has 3 heterocycles. The van der Waals surface area contributed by atoms with Crippen molar-refractivity contribution < 1.29 is 5.11 Å². The SMILES string of the molecule is Oc1ccccc1-c1cc(NCC2CCCN(Cc3ccccc3)C2)n2ncc(Br)c2n1. The molecule has 0 aliphatic carbocycles. The van der Waals surface area contributed by atoms with Gasteiger partial charge in [0.1, 0.15) is 11.6 Å². The topological polar surface area (TPSA) is 65.7 Å². The third-order valence-corrected chi connectivity index (χ3v) is 6.59. The molecular weight excluding hydrogens is 466 g/mol. The molecule has 1 atom stereocenters. The lowest BCUT2D eigenvalue weighted by Gasteiger charge is -2.33. The van der Waals surface area contributed by atoms with E-state index in [1.54, 1.807) is 12.3 Å². The summed E-state index contributed by atoms with van der Waals surface area (Å²) in [5.74, 6) is 1.65. The highest BCUT2D eigenvalue weighted by molar-refractivity contribution is 9.10. The van der Waals surface area contributed by atoms with Crippen molar-refractivity contribution in [3.63, 3.8) is 0 Å². The lowest BCUT2D eigenvalue weighted by molar-refractivity contribution is 0.173. The molecule has 0 radical (unpaired) electrons. The number of para-hydroxylation sites is 1. The highest BCUT2D eigenvalue weighted by Gasteiger charge is 2.21. The summed E-state index contributed by atoms with van der Waals surface area (Å²) in [6.07, 6.45) is 4.17. The van der Waals surface area contributed by atoms with Crippen LogP contribution in [0, 0.1) is 5.92 Å². The number of piperidine rings is 1. The number of aromatic hydroxyl groups is 1. The number of phenols is 1. The first kappa shape index (κ1) is 21.0. The van der Waals surface area contributed by atoms with Crippen molar-refractivity contribution >= 4 is 27.4 Å². The fourth-order valence-corrected chi connectivity index (χ4v) is 4.79. The molecule has 2 aromatic carbocycles. The Bertz CT molecular complexity index is 1210. The lowest BCUT2D eigenvalue weighted by atomic mass is 9.97. The van der Waals surface area contributed by atoms with Gasteiger partial charge in [-0.25, -0.2) is 4.98 Å². The van der Waals surface area contributed by atoms with Crippen LogP contribution >= 0.6 is 15.9 Å². The van der Waals surface area contributed by atoms with Crippen molar-refractivity contribution in [2.24, 2.45) is 5.92 Å². The molecule has 6 nitrogen and oxygen atoms in total. The van der Waals surface area contributed by atoms with E-state index in [1.165, 1.54) is 18.4 Å². The summed E-state index contributed by atoms with van der Waals surface area (Å²) in [6, 6.07) is 19.9. The van der Waals surface area contributed by atoms with E-state index in [0.717, 1.165) is 42.1 Å². The first-order chi connectivity index (χ1) is 15.7. The Morgan fingerprint density at radius 3 is 2.75 bits per heavy atom. The molecule has 0 bridgehead atoms. The number of hydrogen-bond donors (Lipinski definition) is 2. The van der Waals surface area contributed by atoms with Crippen LogP contribution in [0.25, 0.3) is 16.9 Å². The zero-order valence-corrected chi connectivity index (χ0v) is 19.4. The van der Waals surface area contributed by atoms with Crippen LogP contribution < -0.4 is 5.32 Å². The minimum atomic E-state index is 0.217. The molecular formula is C25H26BrN5O. The number of nitrogens with one attached hydrogen (secondary N) is 1. The minimum absolute atomic E-state index is 0.217. The molecule has 7 heteroatoms. The molecule has 2 N–H and O–H groups in total. The number of rotatable bonds is 6. The smallest absolute Gasteiger partial charge is 0.172 e. The van der Waals surface area contributed by atoms with Gasteiger partial charge in [0, 0.05) is 31.3 Å². The summed E-state index contributed by atoms with van der Waals surface area (Å²) in [4.78, 5) is 7.27. The Labute approximate surface area is 196 Å². The number of anilines is 1. The number of aromatic nitrogens is 3. The summed E-state index contributed by atoms with van der Waals surface area (Å²) in [7, 11) is 0. The van der Waals surface area contributed by atoms with Crippen LogP contribution in [0.3, 0.4) is 0 Å². The Morgan fingerprint density at radius 1 is 1.09 bits per heavy atom. The van der Waals surface area contributed by atoms with Crippen LogP contribution in [0.2, 0.25) is 0 Å². The van der Waals surface area contributed by atoms with Crippen molar-refractivity contribution in [2.45, 2.75) is 19.4 Å². The Kier molecular flexibility index (Phi) is 6.10. The predicted octanol–water partition coefficient (Wildman–Crippen LogP) is 5.19. The largest absolute Gasteiger partial charge is 0.507 e. The van der Waals surface area contributed by atoms with Gasteiger partial charge in [-0.1, -0.05) is 42.5 Å². The van der Waals surface area contributed by atoms with Crippen molar-refractivity contribution in [1.29, 1.82) is 0 Å². The Hall–Kier alpha value is -2.90. The summed E-state index contributed by atoms with van der Waals surface area (Å²) in [5.41, 5.74) is 3.51. The first-order valence-electron chi connectivity index (χ1n) is 11.0. The molecule has 32 heavy (non-hydrogen) atoms. The molecule has 1 aliphatic heterocycles. The number of nitrogens with zero attached hydrogens (tertiary/aromatic N) is 4. The summed E-state index contributed by atoms with van der Waals surface area (Å²) < 4.78 is 2.64. The number of fused-ring (bicyclic) bond motifs is 1. The number of phenolic OH excluding ortho intramolecular Hbond substituents is 1. The van der Waals surface area contributed by atoms with Crippen LogP contribution in [0.15, 0.2) is 71.3 Å². The van der Waals surface area contributed by atoms with Crippen molar-refractivity contribution in [3.8, 4) is 17.0 Å². The second-order valence-electron chi connectivity index (χ2n) is 8.38. The molecule has 0 spiro atoms. The third-order valence-electron chi connectivity index (χ3n) is 6.03. The minimum Gasteiger partial charge on any atom is -0.507 e. The van der Waals surface area contributed by atoms with Gasteiger partial charge in [-0.2, -0.15) is 9.61 Å². The van der Waals surface area contributed by atoms with E-state index in [1.807, 2.05) is 28.8 Å². The zero-order chi connectivity index (χ0) is 21.9. The molecule has 2 aromatic heterocycles. The predicted molar refractivity (Wildman–Crippen MR) is 131 cm³/mol. The molecule has 164 valence electrons. The normalized spacial score (nSPS) is 17.0. The van der Waals surface area contributed by atoms with Gasteiger partial charge in [0.2, 0.25) is 0 Å². The monoisotopic (exact) mass is 491 g/mol. The van der Waals surface area contributed by atoms with Crippen molar-refractivity contribution in [3.05, 3.63) is 76.9 Å². The molecule has 1 fully saturated rings. The maximum Gasteiger partial charge on any atom is 0.172 e. The van der Waals surface area contributed by atoms with Gasteiger partial charge in [-0.3, -0.25) is 4.90 Å².